The van der Waals surface area contributed by atoms with Crippen LogP contribution >= 0.6 is 11.3 Å². The van der Waals surface area contributed by atoms with Gasteiger partial charge in [0.15, 0.2) is 0 Å². The van der Waals surface area contributed by atoms with Crippen LogP contribution in [0.25, 0.3) is 0 Å². The van der Waals surface area contributed by atoms with Crippen molar-refractivity contribution in [2.75, 3.05) is 20.1 Å². The fourth-order valence-electron chi connectivity index (χ4n) is 3.17. The first-order chi connectivity index (χ1) is 11.0. The molecule has 1 aliphatic rings. The summed E-state index contributed by atoms with van der Waals surface area (Å²) < 4.78 is 0. The van der Waals surface area contributed by atoms with Gasteiger partial charge in [0.2, 0.25) is 0 Å². The van der Waals surface area contributed by atoms with Crippen molar-refractivity contribution in [1.82, 2.24) is 15.2 Å². The molecule has 1 aromatic rings. The van der Waals surface area contributed by atoms with Crippen molar-refractivity contribution in [3.05, 3.63) is 15.6 Å². The minimum atomic E-state index is -0.259. The van der Waals surface area contributed by atoms with Gasteiger partial charge in [-0.05, 0) is 26.2 Å². The van der Waals surface area contributed by atoms with Crippen LogP contribution in [0.15, 0.2) is 0 Å². The summed E-state index contributed by atoms with van der Waals surface area (Å²) in [5.74, 6) is 0.216. The molecule has 5 nitrogen and oxygen atoms in total. The van der Waals surface area contributed by atoms with E-state index in [1.165, 1.54) is 10.6 Å². The molecular weight excluding hydrogens is 310 g/mol. The molecule has 2 amide bonds. The van der Waals surface area contributed by atoms with Gasteiger partial charge in [-0.3, -0.25) is 0 Å². The smallest absolute Gasteiger partial charge is 0.317 e. The van der Waals surface area contributed by atoms with Crippen LogP contribution < -0.4 is 5.32 Å². The first-order valence-electron chi connectivity index (χ1n) is 8.63. The number of amides is 2. The van der Waals surface area contributed by atoms with E-state index >= 15 is 0 Å². The Balaban J connectivity index is 1.73. The van der Waals surface area contributed by atoms with E-state index in [-0.39, 0.29) is 18.1 Å². The molecule has 2 N–H and O–H groups in total. The van der Waals surface area contributed by atoms with Crippen molar-refractivity contribution in [3.63, 3.8) is 0 Å². The van der Waals surface area contributed by atoms with Crippen molar-refractivity contribution in [2.45, 2.75) is 58.5 Å². The lowest BCUT2D eigenvalue weighted by atomic mass is 9.86. The number of hydrogen-bond acceptors (Lipinski definition) is 4. The van der Waals surface area contributed by atoms with Crippen molar-refractivity contribution < 1.29 is 9.90 Å². The zero-order valence-electron chi connectivity index (χ0n) is 14.5. The average molecular weight is 340 g/mol. The van der Waals surface area contributed by atoms with Crippen LogP contribution in [-0.4, -0.2) is 47.3 Å². The highest BCUT2D eigenvalue weighted by Crippen LogP contribution is 2.24. The molecule has 1 saturated carbocycles. The molecule has 0 radical (unpaired) electrons. The van der Waals surface area contributed by atoms with Crippen LogP contribution in [0, 0.1) is 12.8 Å². The third-order valence-corrected chi connectivity index (χ3v) is 5.68. The largest absolute Gasteiger partial charge is 0.393 e. The fourth-order valence-corrected chi connectivity index (χ4v) is 4.19. The fraction of sp³-hybridized carbons (Fsp3) is 0.765. The Bertz CT molecular complexity index is 518. The van der Waals surface area contributed by atoms with Crippen molar-refractivity contribution >= 4 is 17.4 Å². The number of rotatable bonds is 6. The average Bonchev–Trinajstić information content (AvgIpc) is 2.89. The van der Waals surface area contributed by atoms with Crippen LogP contribution in [0.4, 0.5) is 4.79 Å². The van der Waals surface area contributed by atoms with E-state index in [0.29, 0.717) is 13.1 Å². The van der Waals surface area contributed by atoms with E-state index < -0.39 is 0 Å². The second-order valence-corrected chi connectivity index (χ2v) is 7.73. The van der Waals surface area contributed by atoms with Crippen LogP contribution in [0.3, 0.4) is 0 Å². The highest BCUT2D eigenvalue weighted by Gasteiger charge is 2.25. The molecule has 130 valence electrons. The number of urea groups is 1. The molecule has 6 heteroatoms. The van der Waals surface area contributed by atoms with Crippen molar-refractivity contribution in [2.24, 2.45) is 5.92 Å². The van der Waals surface area contributed by atoms with E-state index in [0.717, 1.165) is 43.5 Å². The Hall–Kier alpha value is -1.14. The molecule has 0 spiro atoms. The Labute approximate surface area is 143 Å². The van der Waals surface area contributed by atoms with Crippen LogP contribution in [0.5, 0.6) is 0 Å². The van der Waals surface area contributed by atoms with Crippen LogP contribution in [-0.2, 0) is 12.8 Å². The maximum atomic E-state index is 12.2. The van der Waals surface area contributed by atoms with Crippen molar-refractivity contribution in [1.29, 1.82) is 0 Å². The lowest BCUT2D eigenvalue weighted by Gasteiger charge is -2.31. The monoisotopic (exact) mass is 339 g/mol. The Morgan fingerprint density at radius 1 is 1.43 bits per heavy atom. The number of carbonyl (C=O) groups excluding carboxylic acids is 1. The number of hydrogen-bond donors (Lipinski definition) is 2. The maximum absolute atomic E-state index is 12.2. The molecule has 2 atom stereocenters. The maximum Gasteiger partial charge on any atom is 0.317 e. The SMILES string of the molecule is CCc1nc(CCNC(=O)N(C)C[C@@H]2CCCC[C@H]2O)sc1C. The number of aliphatic hydroxyl groups excluding tert-OH is 1. The molecule has 0 aromatic carbocycles. The molecule has 1 aromatic heterocycles. The molecule has 1 fully saturated rings. The summed E-state index contributed by atoms with van der Waals surface area (Å²) in [6, 6.07) is -0.0632. The third-order valence-electron chi connectivity index (χ3n) is 4.61. The molecule has 1 aliphatic carbocycles. The van der Waals surface area contributed by atoms with Gasteiger partial charge in [0.05, 0.1) is 16.8 Å². The summed E-state index contributed by atoms with van der Waals surface area (Å²) in [6.45, 7) is 5.44. The molecule has 1 heterocycles. The zero-order chi connectivity index (χ0) is 16.8. The summed E-state index contributed by atoms with van der Waals surface area (Å²) >= 11 is 1.72. The van der Waals surface area contributed by atoms with Gasteiger partial charge in [-0.25, -0.2) is 9.78 Å². The summed E-state index contributed by atoms with van der Waals surface area (Å²) in [5, 5.41) is 14.1. The van der Waals surface area contributed by atoms with E-state index in [1.807, 2.05) is 0 Å². The second-order valence-electron chi connectivity index (χ2n) is 6.44. The van der Waals surface area contributed by atoms with Gasteiger partial charge in [-0.1, -0.05) is 19.8 Å². The Morgan fingerprint density at radius 2 is 2.17 bits per heavy atom. The number of thiazole rings is 1. The number of aryl methyl sites for hydroxylation is 2. The molecular formula is C17H29N3O2S. The van der Waals surface area contributed by atoms with Gasteiger partial charge in [0.25, 0.3) is 0 Å². The van der Waals surface area contributed by atoms with Crippen LogP contribution in [0.2, 0.25) is 0 Å². The Morgan fingerprint density at radius 3 is 2.83 bits per heavy atom. The number of nitrogens with one attached hydrogen (secondary N) is 1. The lowest BCUT2D eigenvalue weighted by Crippen LogP contribution is -2.43. The minimum absolute atomic E-state index is 0.0632. The highest BCUT2D eigenvalue weighted by atomic mass is 32.1. The van der Waals surface area contributed by atoms with Gasteiger partial charge in [-0.15, -0.1) is 11.3 Å². The quantitative estimate of drug-likeness (QED) is 0.837. The number of aromatic nitrogens is 1. The second kappa shape index (κ2) is 8.64. The first kappa shape index (κ1) is 18.2. The molecule has 0 bridgehead atoms. The normalized spacial score (nSPS) is 21.2. The van der Waals surface area contributed by atoms with E-state index in [1.54, 1.807) is 23.3 Å². The molecule has 0 aliphatic heterocycles. The summed E-state index contributed by atoms with van der Waals surface area (Å²) in [5.41, 5.74) is 1.17. The number of nitrogens with zero attached hydrogens (tertiary/aromatic N) is 2. The molecule has 0 unspecified atom stereocenters. The standard InChI is InChI=1S/C17H29N3O2S/c1-4-14-12(2)23-16(19-14)9-10-18-17(22)20(3)11-13-7-5-6-8-15(13)21/h13,15,21H,4-11H2,1-3H3,(H,18,22)/t13-,15+/m0/s1. The summed E-state index contributed by atoms with van der Waals surface area (Å²) in [6.07, 6.45) is 5.60. The number of aliphatic hydroxyl groups is 1. The van der Waals surface area contributed by atoms with Gasteiger partial charge in [0, 0.05) is 37.4 Å². The molecule has 0 saturated heterocycles. The van der Waals surface area contributed by atoms with Crippen LogP contribution in [0.1, 0.15) is 48.2 Å². The minimum Gasteiger partial charge on any atom is -0.393 e. The number of carbonyl (C=O) groups is 1. The summed E-state index contributed by atoms with van der Waals surface area (Å²) in [7, 11) is 1.80. The first-order valence-corrected chi connectivity index (χ1v) is 9.45. The third kappa shape index (κ3) is 5.18. The predicted molar refractivity (Wildman–Crippen MR) is 93.9 cm³/mol. The van der Waals surface area contributed by atoms with E-state index in [9.17, 15) is 9.90 Å². The van der Waals surface area contributed by atoms with Gasteiger partial charge in [0.1, 0.15) is 0 Å². The Kier molecular flexibility index (Phi) is 6.84. The van der Waals surface area contributed by atoms with E-state index in [2.05, 4.69) is 24.1 Å². The van der Waals surface area contributed by atoms with Gasteiger partial charge >= 0.3 is 6.03 Å². The zero-order valence-corrected chi connectivity index (χ0v) is 15.3. The lowest BCUT2D eigenvalue weighted by molar-refractivity contribution is 0.0565. The molecule has 2 rings (SSSR count). The molecule has 23 heavy (non-hydrogen) atoms. The van der Waals surface area contributed by atoms with Gasteiger partial charge in [-0.2, -0.15) is 0 Å². The van der Waals surface area contributed by atoms with Crippen molar-refractivity contribution in [3.8, 4) is 0 Å². The topological polar surface area (TPSA) is 65.5 Å². The highest BCUT2D eigenvalue weighted by molar-refractivity contribution is 7.11. The van der Waals surface area contributed by atoms with Gasteiger partial charge < -0.3 is 15.3 Å². The summed E-state index contributed by atoms with van der Waals surface area (Å²) in [4.78, 5) is 19.7. The predicted octanol–water partition coefficient (Wildman–Crippen LogP) is 2.75. The van der Waals surface area contributed by atoms with E-state index in [4.69, 9.17) is 0 Å².